The number of carbonyl (C=O) groups is 1. The molecule has 1 aromatic carbocycles. The van der Waals surface area contributed by atoms with Gasteiger partial charge in [-0.2, -0.15) is 0 Å². The molecule has 1 aromatic heterocycles. The summed E-state index contributed by atoms with van der Waals surface area (Å²) in [5.74, 6) is -0.984. The van der Waals surface area contributed by atoms with E-state index >= 15 is 4.39 Å². The van der Waals surface area contributed by atoms with Crippen molar-refractivity contribution in [2.24, 2.45) is 0 Å². The number of fused-ring (bicyclic) bond motifs is 1. The summed E-state index contributed by atoms with van der Waals surface area (Å²) in [4.78, 5) is 16.8. The molecule has 25 heavy (non-hydrogen) atoms. The average molecular weight is 383 g/mol. The molecular weight excluding hydrogens is 366 g/mol. The molecule has 2 N–H and O–H groups in total. The zero-order valence-electron chi connectivity index (χ0n) is 13.3. The Bertz CT molecular complexity index is 802. The number of alkyl halides is 1. The minimum atomic E-state index is -2.17. The third-order valence-corrected chi connectivity index (χ3v) is 5.11. The summed E-state index contributed by atoms with van der Waals surface area (Å²) in [6.07, 6.45) is 1.89. The number of pyridine rings is 1. The largest absolute Gasteiger partial charge is 0.396 e. The predicted octanol–water partition coefficient (Wildman–Crippen LogP) is 3.74. The molecule has 2 aromatic rings. The molecule has 0 spiro atoms. The van der Waals surface area contributed by atoms with Gasteiger partial charge >= 0.3 is 0 Å². The number of nitrogens with zero attached hydrogens (tertiary/aromatic N) is 1. The Labute approximate surface area is 155 Å². The molecule has 7 heteroatoms. The van der Waals surface area contributed by atoms with Gasteiger partial charge in [0.05, 0.1) is 12.3 Å². The lowest BCUT2D eigenvalue weighted by Crippen LogP contribution is -2.44. The zero-order valence-corrected chi connectivity index (χ0v) is 14.8. The first-order valence-corrected chi connectivity index (χ1v) is 8.68. The van der Waals surface area contributed by atoms with Gasteiger partial charge in [0.1, 0.15) is 0 Å². The molecule has 4 nitrogen and oxygen atoms in total. The quantitative estimate of drug-likeness (QED) is 0.846. The van der Waals surface area contributed by atoms with E-state index in [1.54, 1.807) is 36.5 Å². The molecule has 2 atom stereocenters. The Morgan fingerprint density at radius 3 is 2.92 bits per heavy atom. The van der Waals surface area contributed by atoms with Crippen molar-refractivity contribution in [1.82, 2.24) is 10.3 Å². The molecule has 0 saturated carbocycles. The maximum atomic E-state index is 15.5. The molecule has 0 bridgehead atoms. The third-order valence-electron chi connectivity index (χ3n) is 4.52. The smallest absolute Gasteiger partial charge is 0.262 e. The molecule has 1 aliphatic carbocycles. The van der Waals surface area contributed by atoms with Crippen molar-refractivity contribution in [3.63, 3.8) is 0 Å². The maximum Gasteiger partial charge on any atom is 0.262 e. The Balaban J connectivity index is 1.81. The summed E-state index contributed by atoms with van der Waals surface area (Å²) in [6.45, 7) is -0.0262. The molecule has 0 saturated heterocycles. The molecule has 0 radical (unpaired) electrons. The summed E-state index contributed by atoms with van der Waals surface area (Å²) in [5, 5.41) is 13.0. The van der Waals surface area contributed by atoms with Crippen molar-refractivity contribution < 1.29 is 14.3 Å². The minimum Gasteiger partial charge on any atom is -0.396 e. The summed E-state index contributed by atoms with van der Waals surface area (Å²) >= 11 is 11.9. The van der Waals surface area contributed by atoms with E-state index in [9.17, 15) is 9.90 Å². The number of aliphatic hydroxyl groups excluding tert-OH is 1. The first kappa shape index (κ1) is 18.1. The van der Waals surface area contributed by atoms with Crippen molar-refractivity contribution in [1.29, 1.82) is 0 Å². The van der Waals surface area contributed by atoms with Gasteiger partial charge in [-0.15, -0.1) is 0 Å². The van der Waals surface area contributed by atoms with Crippen LogP contribution < -0.4 is 5.32 Å². The molecule has 1 amide bonds. The molecule has 2 unspecified atom stereocenters. The Morgan fingerprint density at radius 2 is 2.20 bits per heavy atom. The molecule has 1 aliphatic rings. The molecular formula is C18H17Cl2FN2O2. The lowest BCUT2D eigenvalue weighted by molar-refractivity contribution is -0.135. The molecule has 132 valence electrons. The monoisotopic (exact) mass is 382 g/mol. The van der Waals surface area contributed by atoms with Crippen LogP contribution in [-0.2, 0) is 17.0 Å². The highest BCUT2D eigenvalue weighted by Gasteiger charge is 2.46. The number of rotatable bonds is 4. The van der Waals surface area contributed by atoms with Crippen molar-refractivity contribution in [3.05, 3.63) is 63.4 Å². The van der Waals surface area contributed by atoms with E-state index in [-0.39, 0.29) is 31.1 Å². The number of carbonyl (C=O) groups excluding carboxylic acids is 1. The first-order chi connectivity index (χ1) is 12.0. The normalized spacial score (nSPS) is 22.3. The number of amides is 1. The predicted molar refractivity (Wildman–Crippen MR) is 94.4 cm³/mol. The topological polar surface area (TPSA) is 62.2 Å². The van der Waals surface area contributed by atoms with E-state index < -0.39 is 11.6 Å². The van der Waals surface area contributed by atoms with Crippen molar-refractivity contribution >= 4 is 29.1 Å². The maximum absolute atomic E-state index is 15.5. The number of hydrogen-bond acceptors (Lipinski definition) is 3. The number of aromatic nitrogens is 1. The van der Waals surface area contributed by atoms with Gasteiger partial charge < -0.3 is 10.4 Å². The van der Waals surface area contributed by atoms with E-state index in [0.717, 1.165) is 0 Å². The van der Waals surface area contributed by atoms with Gasteiger partial charge in [-0.1, -0.05) is 35.3 Å². The van der Waals surface area contributed by atoms with E-state index in [0.29, 0.717) is 27.7 Å². The number of benzene rings is 1. The van der Waals surface area contributed by atoms with Gasteiger partial charge in [0.2, 0.25) is 5.67 Å². The van der Waals surface area contributed by atoms with E-state index in [1.807, 2.05) is 0 Å². The second-order valence-electron chi connectivity index (χ2n) is 6.07. The fourth-order valence-electron chi connectivity index (χ4n) is 3.12. The summed E-state index contributed by atoms with van der Waals surface area (Å²) in [6, 6.07) is 8.07. The summed E-state index contributed by atoms with van der Waals surface area (Å²) < 4.78 is 15.5. The van der Waals surface area contributed by atoms with Gasteiger partial charge in [0.25, 0.3) is 5.91 Å². The van der Waals surface area contributed by atoms with Crippen LogP contribution in [0.5, 0.6) is 0 Å². The van der Waals surface area contributed by atoms with E-state index in [1.165, 1.54) is 0 Å². The van der Waals surface area contributed by atoms with E-state index in [2.05, 4.69) is 10.3 Å². The highest BCUT2D eigenvalue weighted by atomic mass is 35.5. The molecule has 3 rings (SSSR count). The number of nitrogens with one attached hydrogen (secondary N) is 1. The number of hydrogen-bond donors (Lipinski definition) is 2. The van der Waals surface area contributed by atoms with Crippen molar-refractivity contribution in [3.8, 4) is 0 Å². The van der Waals surface area contributed by atoms with Crippen LogP contribution in [-0.4, -0.2) is 22.6 Å². The van der Waals surface area contributed by atoms with Gasteiger partial charge in [-0.3, -0.25) is 9.78 Å². The lowest BCUT2D eigenvalue weighted by Gasteiger charge is -2.33. The van der Waals surface area contributed by atoms with Gasteiger partial charge in [-0.05, 0) is 36.6 Å². The van der Waals surface area contributed by atoms with Crippen LogP contribution in [0.3, 0.4) is 0 Å². The van der Waals surface area contributed by atoms with Crippen LogP contribution in [0.15, 0.2) is 36.5 Å². The van der Waals surface area contributed by atoms with Crippen LogP contribution in [0.4, 0.5) is 4.39 Å². The number of aliphatic hydroxyl groups is 1. The molecule has 1 heterocycles. The zero-order chi connectivity index (χ0) is 18.0. The highest BCUT2D eigenvalue weighted by Crippen LogP contribution is 2.43. The average Bonchev–Trinajstić information content (AvgIpc) is 2.61. The summed E-state index contributed by atoms with van der Waals surface area (Å²) in [7, 11) is 0. The van der Waals surface area contributed by atoms with Crippen LogP contribution in [0, 0.1) is 0 Å². The van der Waals surface area contributed by atoms with Crippen LogP contribution in [0.1, 0.15) is 35.6 Å². The van der Waals surface area contributed by atoms with Crippen LogP contribution in [0.2, 0.25) is 10.0 Å². The Hall–Kier alpha value is -1.69. The third kappa shape index (κ3) is 3.50. The second-order valence-corrected chi connectivity index (χ2v) is 6.92. The minimum absolute atomic E-state index is 0.00287. The van der Waals surface area contributed by atoms with Gasteiger partial charge in [-0.25, -0.2) is 4.39 Å². The van der Waals surface area contributed by atoms with Gasteiger partial charge in [0.15, 0.2) is 0 Å². The molecule has 0 aliphatic heterocycles. The van der Waals surface area contributed by atoms with Crippen LogP contribution >= 0.6 is 23.2 Å². The Kier molecular flexibility index (Phi) is 5.27. The van der Waals surface area contributed by atoms with Crippen molar-refractivity contribution in [2.45, 2.75) is 31.0 Å². The van der Waals surface area contributed by atoms with E-state index in [4.69, 9.17) is 23.2 Å². The molecule has 0 fully saturated rings. The van der Waals surface area contributed by atoms with Gasteiger partial charge in [0, 0.05) is 34.3 Å². The highest BCUT2D eigenvalue weighted by molar-refractivity contribution is 6.35. The SMILES string of the molecule is O=C(NCc1ccc(Cl)cc1Cl)C1(F)CCC(CO)c2ncccc21. The first-order valence-electron chi connectivity index (χ1n) is 7.93. The standard InChI is InChI=1S/C18H17Cl2FN2O2/c19-13-4-3-11(15(20)8-13)9-23-17(25)18(21)6-5-12(10-24)16-14(18)2-1-7-22-16/h1-4,7-8,12,24H,5-6,9-10H2,(H,23,25). The fourth-order valence-corrected chi connectivity index (χ4v) is 3.59. The van der Waals surface area contributed by atoms with Crippen LogP contribution in [0.25, 0.3) is 0 Å². The van der Waals surface area contributed by atoms with Crippen molar-refractivity contribution in [2.75, 3.05) is 6.61 Å². The second kappa shape index (κ2) is 7.28. The Morgan fingerprint density at radius 1 is 1.40 bits per heavy atom. The fraction of sp³-hybridized carbons (Fsp3) is 0.333. The number of halogens is 3. The summed E-state index contributed by atoms with van der Waals surface area (Å²) in [5.41, 5.74) is -0.856. The lowest BCUT2D eigenvalue weighted by atomic mass is 9.77.